The van der Waals surface area contributed by atoms with Gasteiger partial charge in [-0.05, 0) is 105 Å². The lowest BCUT2D eigenvalue weighted by Crippen LogP contribution is -2.26. The van der Waals surface area contributed by atoms with Crippen LogP contribution in [0.1, 0.15) is 139 Å². The van der Waals surface area contributed by atoms with E-state index in [9.17, 15) is 19.5 Å². The molecule has 1 saturated carbocycles. The molecule has 2 unspecified atom stereocenters. The number of nitrogens with zero attached hydrogens (tertiary/aromatic N) is 3. The van der Waals surface area contributed by atoms with Gasteiger partial charge in [0.15, 0.2) is 5.78 Å². The van der Waals surface area contributed by atoms with Crippen LogP contribution in [0, 0.1) is 35.5 Å². The Morgan fingerprint density at radius 1 is 0.908 bits per heavy atom. The highest BCUT2D eigenvalue weighted by Crippen LogP contribution is 2.47. The predicted octanol–water partition coefficient (Wildman–Crippen LogP) is 12.1. The van der Waals surface area contributed by atoms with Crippen molar-refractivity contribution in [3.8, 4) is 0 Å². The zero-order valence-corrected chi connectivity index (χ0v) is 40.7. The van der Waals surface area contributed by atoms with Crippen molar-refractivity contribution in [3.63, 3.8) is 0 Å². The van der Waals surface area contributed by atoms with Gasteiger partial charge in [0.25, 0.3) is 0 Å². The van der Waals surface area contributed by atoms with Gasteiger partial charge in [0.2, 0.25) is 0 Å². The van der Waals surface area contributed by atoms with Crippen molar-refractivity contribution in [3.05, 3.63) is 116 Å². The van der Waals surface area contributed by atoms with E-state index in [1.807, 2.05) is 45.1 Å². The standard InChI is InChI=1S/C55H72N4O6/c1-12-38-35(8)42-27-46-39(13-2)41(30-60)47(57-46)28-43-36(9)40(52(58-43)50-51(55(63)64-11)54(62)49-37(10)44(59-53(49)50)29-45(38)56-42)23-24-48(61)65-26-25-34(7)22-16-21-33(6)20-15-19-32(5)18-14-17-31(3)4/h13,25,27-33,36,40,51,58,60H,2,12,14-24,26H2,1,3-11H3/t32?,33?,36-,40-,51+/m0/s1. The lowest BCUT2D eigenvalue weighted by molar-refractivity contribution is -0.146. The summed E-state index contributed by atoms with van der Waals surface area (Å²) in [5.74, 6) is -0.860. The number of aliphatic hydroxyl groups is 1. The van der Waals surface area contributed by atoms with Gasteiger partial charge in [-0.1, -0.05) is 105 Å². The number of aliphatic hydroxyl groups excluding tert-OH is 1. The Kier molecular flexibility index (Phi) is 16.4. The number of methoxy groups -OCH3 is 1. The van der Waals surface area contributed by atoms with Crippen molar-refractivity contribution in [1.82, 2.24) is 5.32 Å². The number of Topliss-reactive ketones (excluding diaryl/α,β-unsaturated/α-hetero) is 1. The number of carbonyl (C=O) groups excluding carboxylic acids is 3. The van der Waals surface area contributed by atoms with E-state index in [0.717, 1.165) is 59.2 Å². The van der Waals surface area contributed by atoms with E-state index in [1.54, 1.807) is 6.08 Å². The number of nitrogens with one attached hydrogen (secondary N) is 1. The summed E-state index contributed by atoms with van der Waals surface area (Å²) >= 11 is 0. The van der Waals surface area contributed by atoms with Gasteiger partial charge in [0.1, 0.15) is 12.5 Å². The number of ketones is 1. The van der Waals surface area contributed by atoms with Crippen molar-refractivity contribution in [1.29, 1.82) is 0 Å². The Morgan fingerprint density at radius 3 is 2.23 bits per heavy atom. The van der Waals surface area contributed by atoms with E-state index in [1.165, 1.54) is 57.6 Å². The second kappa shape index (κ2) is 21.7. The van der Waals surface area contributed by atoms with Crippen LogP contribution in [0.25, 0.3) is 0 Å². The molecule has 1 saturated heterocycles. The molecule has 10 nitrogen and oxygen atoms in total. The van der Waals surface area contributed by atoms with Crippen molar-refractivity contribution < 1.29 is 29.0 Å². The molecule has 348 valence electrons. The van der Waals surface area contributed by atoms with E-state index in [2.05, 4.69) is 53.4 Å². The van der Waals surface area contributed by atoms with Crippen LogP contribution in [0.3, 0.4) is 0 Å². The summed E-state index contributed by atoms with van der Waals surface area (Å²) < 4.78 is 11.0. The molecule has 0 amide bonds. The molecule has 6 rings (SSSR count). The number of allylic oxidation sites excluding steroid dienone is 13. The Balaban J connectivity index is 1.21. The van der Waals surface area contributed by atoms with E-state index in [4.69, 9.17) is 24.5 Å². The number of hydrogen-bond donors (Lipinski definition) is 2. The molecule has 0 aromatic carbocycles. The molecule has 0 spiro atoms. The fourth-order valence-corrected chi connectivity index (χ4v) is 10.2. The summed E-state index contributed by atoms with van der Waals surface area (Å²) in [7, 11) is 1.28. The maximum absolute atomic E-state index is 14.4. The van der Waals surface area contributed by atoms with Crippen LogP contribution in [0.2, 0.25) is 0 Å². The normalized spacial score (nSPS) is 23.2. The summed E-state index contributed by atoms with van der Waals surface area (Å²) in [5.41, 5.74) is 10.9. The quantitative estimate of drug-likeness (QED) is 0.0537. The highest BCUT2D eigenvalue weighted by molar-refractivity contribution is 6.42. The Morgan fingerprint density at radius 2 is 1.58 bits per heavy atom. The third kappa shape index (κ3) is 10.8. The summed E-state index contributed by atoms with van der Waals surface area (Å²) in [5, 5.41) is 14.2. The summed E-state index contributed by atoms with van der Waals surface area (Å²) in [4.78, 5) is 56.5. The molecule has 8 bridgehead atoms. The molecule has 65 heavy (non-hydrogen) atoms. The Hall–Kier alpha value is -5.38. The summed E-state index contributed by atoms with van der Waals surface area (Å²) in [6, 6.07) is 0. The number of rotatable bonds is 20. The van der Waals surface area contributed by atoms with E-state index in [-0.39, 0.29) is 36.6 Å². The van der Waals surface area contributed by atoms with Gasteiger partial charge in [-0.3, -0.25) is 14.4 Å². The molecule has 0 aromatic rings. The fourth-order valence-electron chi connectivity index (χ4n) is 10.2. The van der Waals surface area contributed by atoms with Crippen LogP contribution in [0.15, 0.2) is 131 Å². The minimum atomic E-state index is -1.24. The van der Waals surface area contributed by atoms with Gasteiger partial charge < -0.3 is 19.9 Å². The third-order valence-electron chi connectivity index (χ3n) is 14.2. The zero-order valence-electron chi connectivity index (χ0n) is 40.7. The van der Waals surface area contributed by atoms with Gasteiger partial charge in [-0.25, -0.2) is 15.0 Å². The summed E-state index contributed by atoms with van der Waals surface area (Å²) in [6.45, 7) is 23.7. The van der Waals surface area contributed by atoms with Gasteiger partial charge in [0, 0.05) is 51.9 Å². The van der Waals surface area contributed by atoms with Crippen LogP contribution < -0.4 is 5.32 Å². The smallest absolute Gasteiger partial charge is 0.321 e. The average Bonchev–Trinajstić information content (AvgIpc) is 4.02. The number of fused-ring (bicyclic) bond motifs is 5. The first kappa shape index (κ1) is 49.1. The van der Waals surface area contributed by atoms with Crippen molar-refractivity contribution in [2.45, 2.75) is 139 Å². The Bertz CT molecular complexity index is 2350. The number of aliphatic imine (C=N–C) groups is 3. The summed E-state index contributed by atoms with van der Waals surface area (Å²) in [6.07, 6.45) is 22.8. The second-order valence-corrected chi connectivity index (χ2v) is 19.4. The molecule has 5 aliphatic heterocycles. The maximum atomic E-state index is 14.4. The maximum Gasteiger partial charge on any atom is 0.321 e. The molecular weight excluding hydrogens is 813 g/mol. The van der Waals surface area contributed by atoms with Crippen LogP contribution in [-0.4, -0.2) is 53.7 Å². The molecule has 0 aromatic heterocycles. The van der Waals surface area contributed by atoms with Crippen molar-refractivity contribution in [2.75, 3.05) is 13.7 Å². The molecule has 2 fully saturated rings. The molecule has 6 aliphatic rings. The molecule has 2 N–H and O–H groups in total. The first-order valence-corrected chi connectivity index (χ1v) is 24.1. The van der Waals surface area contributed by atoms with Crippen molar-refractivity contribution >= 4 is 34.9 Å². The van der Waals surface area contributed by atoms with Gasteiger partial charge in [-0.2, -0.15) is 0 Å². The van der Waals surface area contributed by atoms with Gasteiger partial charge >= 0.3 is 11.9 Å². The lowest BCUT2D eigenvalue weighted by atomic mass is 9.85. The molecule has 10 heteroatoms. The number of esters is 2. The second-order valence-electron chi connectivity index (χ2n) is 19.4. The number of carbonyl (C=O) groups is 3. The van der Waals surface area contributed by atoms with Crippen molar-refractivity contribution in [2.24, 2.45) is 50.5 Å². The third-order valence-corrected chi connectivity index (χ3v) is 14.2. The predicted molar refractivity (Wildman–Crippen MR) is 262 cm³/mol. The monoisotopic (exact) mass is 885 g/mol. The molecule has 0 radical (unpaired) electrons. The molecular formula is C55H72N4O6. The van der Waals surface area contributed by atoms with Gasteiger partial charge in [-0.15, -0.1) is 0 Å². The molecule has 1 aliphatic carbocycles. The lowest BCUT2D eigenvalue weighted by Gasteiger charge is -2.19. The highest BCUT2D eigenvalue weighted by Gasteiger charge is 2.52. The molecule has 5 atom stereocenters. The first-order valence-electron chi connectivity index (χ1n) is 24.1. The van der Waals surface area contributed by atoms with E-state index >= 15 is 0 Å². The van der Waals surface area contributed by atoms with Gasteiger partial charge in [0.05, 0.1) is 47.6 Å². The van der Waals surface area contributed by atoms with E-state index < -0.39 is 11.9 Å². The SMILES string of the molecule is C=CC1=C2C=C3N=C(C=C4N=C5C(=C4C)C(=O)[C@H](C(=O)OC)C5=C4NC(=CC(=N2)C1=CO)[C@@H](C)[C@@H]4CCC(=O)OCC=C(C)CCCC(C)CCCC(C)CCCC(C)C)C(CC)=C3C. The minimum Gasteiger partial charge on any atom is -0.515 e. The number of ether oxygens (including phenoxy) is 2. The van der Waals surface area contributed by atoms with Crippen LogP contribution in [0.5, 0.6) is 0 Å². The molecule has 5 heterocycles. The minimum absolute atomic E-state index is 0.117. The number of hydrogen-bond acceptors (Lipinski definition) is 10. The first-order chi connectivity index (χ1) is 31.1. The largest absolute Gasteiger partial charge is 0.515 e. The zero-order chi connectivity index (χ0) is 47.1. The topological polar surface area (TPSA) is 139 Å². The van der Waals surface area contributed by atoms with E-state index in [0.29, 0.717) is 75.1 Å². The van der Waals surface area contributed by atoms with Crippen LogP contribution in [-0.2, 0) is 23.9 Å². The Labute approximate surface area is 387 Å². The fraction of sp³-hybridized carbons (Fsp3) is 0.527. The highest BCUT2D eigenvalue weighted by atomic mass is 16.5. The van der Waals surface area contributed by atoms with Crippen LogP contribution >= 0.6 is 0 Å². The van der Waals surface area contributed by atoms with Crippen LogP contribution in [0.4, 0.5) is 0 Å². The average molecular weight is 885 g/mol.